The van der Waals surface area contributed by atoms with Crippen LogP contribution in [0.3, 0.4) is 0 Å². The fourth-order valence-electron chi connectivity index (χ4n) is 5.13. The molecule has 10 nitrogen and oxygen atoms in total. The van der Waals surface area contributed by atoms with Gasteiger partial charge in [-0.15, -0.1) is 0 Å². The van der Waals surface area contributed by atoms with Gasteiger partial charge in [-0.05, 0) is 42.6 Å². The standard InChI is InChI=1S/C28H30N6O4S/c1-38-18-11-7-10-17(14-18)34(28(37)25-22(29)23(26(30)35)33-39-25)24(27(36)32-16-8-3-2-4-9-16)20-15-31-21-13-6-5-12-19(20)21/h5-7,10-16,24,31H,2-4,8-9,29H2,1H3,(H2,30,35)(H,32,36)/t24-/m0/s1. The zero-order valence-electron chi connectivity index (χ0n) is 21.5. The highest BCUT2D eigenvalue weighted by molar-refractivity contribution is 7.09. The maximum absolute atomic E-state index is 14.3. The van der Waals surface area contributed by atoms with Crippen LogP contribution in [0.25, 0.3) is 10.9 Å². The third-order valence-electron chi connectivity index (χ3n) is 7.08. The van der Waals surface area contributed by atoms with E-state index in [4.69, 9.17) is 16.2 Å². The summed E-state index contributed by atoms with van der Waals surface area (Å²) in [6.07, 6.45) is 6.72. The minimum atomic E-state index is -1.07. The van der Waals surface area contributed by atoms with E-state index in [9.17, 15) is 14.4 Å². The Bertz CT molecular complexity index is 1520. The van der Waals surface area contributed by atoms with Crippen molar-refractivity contribution >= 4 is 51.5 Å². The number of aromatic amines is 1. The summed E-state index contributed by atoms with van der Waals surface area (Å²) in [6, 6.07) is 13.4. The Labute approximate surface area is 229 Å². The van der Waals surface area contributed by atoms with Crippen LogP contribution >= 0.6 is 11.5 Å². The van der Waals surface area contributed by atoms with E-state index in [0.29, 0.717) is 17.0 Å². The van der Waals surface area contributed by atoms with Crippen molar-refractivity contribution in [2.75, 3.05) is 17.7 Å². The number of carbonyl (C=O) groups excluding carboxylic acids is 3. The SMILES string of the molecule is COc1cccc(N(C(=O)c2snc(C(N)=O)c2N)[C@H](C(=O)NC2CCCCC2)c2c[nH]c3ccccc23)c1. The minimum Gasteiger partial charge on any atom is -0.497 e. The van der Waals surface area contributed by atoms with Crippen LogP contribution < -0.4 is 26.4 Å². The molecule has 202 valence electrons. The van der Waals surface area contributed by atoms with Crippen LogP contribution in [0, 0.1) is 0 Å². The molecule has 0 spiro atoms. The lowest BCUT2D eigenvalue weighted by Crippen LogP contribution is -2.47. The summed E-state index contributed by atoms with van der Waals surface area (Å²) in [5.41, 5.74) is 13.2. The summed E-state index contributed by atoms with van der Waals surface area (Å²) >= 11 is 0.773. The number of benzene rings is 2. The summed E-state index contributed by atoms with van der Waals surface area (Å²) in [5, 5.41) is 4.00. The number of nitrogens with zero attached hydrogens (tertiary/aromatic N) is 2. The first-order valence-corrected chi connectivity index (χ1v) is 13.5. The Kier molecular flexibility index (Phi) is 7.51. The Balaban J connectivity index is 1.68. The van der Waals surface area contributed by atoms with Gasteiger partial charge in [-0.3, -0.25) is 19.3 Å². The molecule has 3 amide bonds. The molecule has 2 heterocycles. The van der Waals surface area contributed by atoms with E-state index in [-0.39, 0.29) is 28.2 Å². The number of primary amides is 1. The van der Waals surface area contributed by atoms with Crippen LogP contribution in [0.4, 0.5) is 11.4 Å². The number of carbonyl (C=O) groups is 3. The number of amides is 3. The van der Waals surface area contributed by atoms with Gasteiger partial charge < -0.3 is 26.5 Å². The first kappa shape index (κ1) is 26.2. The number of hydrogen-bond acceptors (Lipinski definition) is 7. The van der Waals surface area contributed by atoms with Gasteiger partial charge in [0, 0.05) is 40.5 Å². The first-order valence-electron chi connectivity index (χ1n) is 12.8. The summed E-state index contributed by atoms with van der Waals surface area (Å²) in [6.45, 7) is 0. The molecule has 1 aliphatic rings. The third kappa shape index (κ3) is 5.17. The van der Waals surface area contributed by atoms with Gasteiger partial charge in [0.15, 0.2) is 5.69 Å². The van der Waals surface area contributed by atoms with Gasteiger partial charge in [-0.1, -0.05) is 43.5 Å². The molecule has 0 radical (unpaired) electrons. The molecule has 0 bridgehead atoms. The van der Waals surface area contributed by atoms with E-state index in [1.165, 1.54) is 12.0 Å². The van der Waals surface area contributed by atoms with E-state index in [0.717, 1.165) is 54.5 Å². The molecule has 11 heteroatoms. The normalized spacial score (nSPS) is 14.6. The Morgan fingerprint density at radius 3 is 2.62 bits per heavy atom. The van der Waals surface area contributed by atoms with Crippen LogP contribution in [0.2, 0.25) is 0 Å². The molecular formula is C28H30N6O4S. The Morgan fingerprint density at radius 2 is 1.90 bits per heavy atom. The predicted molar refractivity (Wildman–Crippen MR) is 151 cm³/mol. The third-order valence-corrected chi connectivity index (χ3v) is 7.93. The van der Waals surface area contributed by atoms with Crippen LogP contribution in [0.15, 0.2) is 54.7 Å². The number of para-hydroxylation sites is 1. The van der Waals surface area contributed by atoms with Gasteiger partial charge in [0.25, 0.3) is 11.8 Å². The molecule has 2 aromatic carbocycles. The molecule has 39 heavy (non-hydrogen) atoms. The maximum atomic E-state index is 14.3. The summed E-state index contributed by atoms with van der Waals surface area (Å²) in [7, 11) is 1.53. The summed E-state index contributed by atoms with van der Waals surface area (Å²) in [5.74, 6) is -1.23. The van der Waals surface area contributed by atoms with Crippen molar-refractivity contribution in [3.63, 3.8) is 0 Å². The Hall–Kier alpha value is -4.38. The fourth-order valence-corrected chi connectivity index (χ4v) is 5.87. The number of fused-ring (bicyclic) bond motifs is 1. The fraction of sp³-hybridized carbons (Fsp3) is 0.286. The molecule has 0 saturated heterocycles. The van der Waals surface area contributed by atoms with Crippen molar-refractivity contribution in [3.05, 3.63) is 70.9 Å². The number of anilines is 2. The number of nitrogens with one attached hydrogen (secondary N) is 2. The quantitative estimate of drug-likeness (QED) is 0.260. The molecule has 1 atom stereocenters. The monoisotopic (exact) mass is 546 g/mol. The lowest BCUT2D eigenvalue weighted by molar-refractivity contribution is -0.123. The zero-order valence-corrected chi connectivity index (χ0v) is 22.3. The highest BCUT2D eigenvalue weighted by atomic mass is 32.1. The van der Waals surface area contributed by atoms with Crippen molar-refractivity contribution in [1.29, 1.82) is 0 Å². The molecule has 5 rings (SSSR count). The highest BCUT2D eigenvalue weighted by Gasteiger charge is 2.38. The van der Waals surface area contributed by atoms with Gasteiger partial charge in [-0.2, -0.15) is 4.37 Å². The minimum absolute atomic E-state index is 0.0103. The second-order valence-corrected chi connectivity index (χ2v) is 10.3. The van der Waals surface area contributed by atoms with E-state index in [1.54, 1.807) is 30.5 Å². The van der Waals surface area contributed by atoms with Gasteiger partial charge >= 0.3 is 0 Å². The molecule has 0 unspecified atom stereocenters. The number of H-pyrrole nitrogens is 1. The number of rotatable bonds is 8. The number of methoxy groups -OCH3 is 1. The molecule has 4 aromatic rings. The van der Waals surface area contributed by atoms with Crippen molar-refractivity contribution in [3.8, 4) is 5.75 Å². The van der Waals surface area contributed by atoms with Gasteiger partial charge in [0.1, 0.15) is 16.7 Å². The van der Waals surface area contributed by atoms with Crippen molar-refractivity contribution in [2.45, 2.75) is 44.2 Å². The van der Waals surface area contributed by atoms with Gasteiger partial charge in [0.05, 0.1) is 12.8 Å². The molecule has 6 N–H and O–H groups in total. The molecule has 0 aliphatic heterocycles. The van der Waals surface area contributed by atoms with Crippen LogP contribution in [-0.4, -0.2) is 40.2 Å². The van der Waals surface area contributed by atoms with Crippen LogP contribution in [-0.2, 0) is 4.79 Å². The second kappa shape index (κ2) is 11.2. The number of nitrogens with two attached hydrogens (primary N) is 2. The average Bonchev–Trinajstić information content (AvgIpc) is 3.55. The molecule has 1 saturated carbocycles. The van der Waals surface area contributed by atoms with E-state index in [1.807, 2.05) is 24.3 Å². The molecule has 2 aromatic heterocycles. The number of nitrogen functional groups attached to an aromatic ring is 1. The van der Waals surface area contributed by atoms with Crippen molar-refractivity contribution < 1.29 is 19.1 Å². The van der Waals surface area contributed by atoms with Crippen LogP contribution in [0.1, 0.15) is 63.9 Å². The molecule has 1 aliphatic carbocycles. The summed E-state index contributed by atoms with van der Waals surface area (Å²) in [4.78, 5) is 45.0. The van der Waals surface area contributed by atoms with E-state index >= 15 is 0 Å². The highest BCUT2D eigenvalue weighted by Crippen LogP contribution is 2.37. The zero-order chi connectivity index (χ0) is 27.5. The Morgan fingerprint density at radius 1 is 1.13 bits per heavy atom. The number of hydrogen-bond donors (Lipinski definition) is 4. The van der Waals surface area contributed by atoms with Gasteiger partial charge in [0.2, 0.25) is 5.91 Å². The molecule has 1 fully saturated rings. The lowest BCUT2D eigenvalue weighted by atomic mass is 9.94. The first-order chi connectivity index (χ1) is 18.9. The van der Waals surface area contributed by atoms with Crippen LogP contribution in [0.5, 0.6) is 5.75 Å². The van der Waals surface area contributed by atoms with Gasteiger partial charge in [-0.25, -0.2) is 0 Å². The smallest absolute Gasteiger partial charge is 0.273 e. The maximum Gasteiger partial charge on any atom is 0.273 e. The molecular weight excluding hydrogens is 516 g/mol. The van der Waals surface area contributed by atoms with E-state index in [2.05, 4.69) is 14.7 Å². The number of aromatic nitrogens is 2. The summed E-state index contributed by atoms with van der Waals surface area (Å²) < 4.78 is 9.45. The van der Waals surface area contributed by atoms with E-state index < -0.39 is 17.9 Å². The average molecular weight is 547 g/mol. The van der Waals surface area contributed by atoms with Crippen molar-refractivity contribution in [2.24, 2.45) is 5.73 Å². The number of ether oxygens (including phenoxy) is 1. The van der Waals surface area contributed by atoms with Crippen molar-refractivity contribution in [1.82, 2.24) is 14.7 Å². The largest absolute Gasteiger partial charge is 0.497 e. The predicted octanol–water partition coefficient (Wildman–Crippen LogP) is 4.15. The second-order valence-electron chi connectivity index (χ2n) is 9.55. The topological polar surface area (TPSA) is 156 Å². The lowest BCUT2D eigenvalue weighted by Gasteiger charge is -2.33.